The van der Waals surface area contributed by atoms with Crippen molar-refractivity contribution < 1.29 is 4.74 Å². The average Bonchev–Trinajstić information content (AvgIpc) is 2.81. The second kappa shape index (κ2) is 5.52. The van der Waals surface area contributed by atoms with E-state index in [1.807, 2.05) is 7.05 Å². The summed E-state index contributed by atoms with van der Waals surface area (Å²) in [5.74, 6) is 6.87. The van der Waals surface area contributed by atoms with E-state index in [1.54, 1.807) is 17.9 Å². The van der Waals surface area contributed by atoms with Crippen molar-refractivity contribution in [3.05, 3.63) is 30.2 Å². The van der Waals surface area contributed by atoms with Gasteiger partial charge in [0.1, 0.15) is 18.5 Å². The van der Waals surface area contributed by atoms with E-state index in [-0.39, 0.29) is 6.04 Å². The Morgan fingerprint density at radius 1 is 1.39 bits per heavy atom. The first-order valence-electron chi connectivity index (χ1n) is 5.39. The van der Waals surface area contributed by atoms with Gasteiger partial charge in [-0.25, -0.2) is 15.0 Å². The van der Waals surface area contributed by atoms with Crippen LogP contribution in [0.15, 0.2) is 18.7 Å². The SMILES string of the molecule is COc1cc(C(Cc2ncnn2C)NN)ncn1. The lowest BCUT2D eigenvalue weighted by atomic mass is 10.1. The number of nitrogens with one attached hydrogen (secondary N) is 1. The fourth-order valence-electron chi connectivity index (χ4n) is 1.59. The van der Waals surface area contributed by atoms with E-state index in [1.165, 1.54) is 12.7 Å². The van der Waals surface area contributed by atoms with E-state index < -0.39 is 0 Å². The fraction of sp³-hybridized carbons (Fsp3) is 0.400. The van der Waals surface area contributed by atoms with Crippen LogP contribution < -0.4 is 16.0 Å². The quantitative estimate of drug-likeness (QED) is 0.536. The summed E-state index contributed by atoms with van der Waals surface area (Å²) in [5.41, 5.74) is 3.45. The fourth-order valence-corrected chi connectivity index (χ4v) is 1.59. The van der Waals surface area contributed by atoms with Crippen LogP contribution in [0.3, 0.4) is 0 Å². The summed E-state index contributed by atoms with van der Waals surface area (Å²) < 4.78 is 6.75. The normalized spacial score (nSPS) is 12.4. The summed E-state index contributed by atoms with van der Waals surface area (Å²) in [5, 5.41) is 4.01. The van der Waals surface area contributed by atoms with Crippen LogP contribution in [0, 0.1) is 0 Å². The second-order valence-electron chi connectivity index (χ2n) is 3.71. The van der Waals surface area contributed by atoms with E-state index in [9.17, 15) is 0 Å². The summed E-state index contributed by atoms with van der Waals surface area (Å²) in [4.78, 5) is 12.3. The number of nitrogens with two attached hydrogens (primary N) is 1. The Bertz CT molecular complexity index is 512. The molecule has 96 valence electrons. The third-order valence-electron chi connectivity index (χ3n) is 2.62. The number of nitrogens with zero attached hydrogens (tertiary/aromatic N) is 5. The average molecular weight is 249 g/mol. The first kappa shape index (κ1) is 12.4. The van der Waals surface area contributed by atoms with Gasteiger partial charge in [-0.2, -0.15) is 5.10 Å². The molecular weight excluding hydrogens is 234 g/mol. The molecule has 2 rings (SSSR count). The number of rotatable bonds is 5. The highest BCUT2D eigenvalue weighted by atomic mass is 16.5. The number of ether oxygens (including phenoxy) is 1. The molecule has 2 aromatic rings. The number of aromatic nitrogens is 5. The highest BCUT2D eigenvalue weighted by Gasteiger charge is 2.16. The van der Waals surface area contributed by atoms with Crippen molar-refractivity contribution in [1.82, 2.24) is 30.2 Å². The first-order chi connectivity index (χ1) is 8.74. The molecule has 0 aromatic carbocycles. The highest BCUT2D eigenvalue weighted by Crippen LogP contribution is 2.16. The van der Waals surface area contributed by atoms with Crippen LogP contribution in [-0.4, -0.2) is 31.8 Å². The molecule has 8 heteroatoms. The molecule has 18 heavy (non-hydrogen) atoms. The first-order valence-corrected chi connectivity index (χ1v) is 5.39. The molecular formula is C10H15N7O. The van der Waals surface area contributed by atoms with Crippen LogP contribution in [0.1, 0.15) is 17.6 Å². The minimum absolute atomic E-state index is 0.176. The molecule has 0 amide bonds. The van der Waals surface area contributed by atoms with Crippen LogP contribution >= 0.6 is 0 Å². The number of methoxy groups -OCH3 is 1. The molecule has 0 aliphatic rings. The lowest BCUT2D eigenvalue weighted by Gasteiger charge is -2.14. The number of aryl methyl sites for hydroxylation is 1. The maximum absolute atomic E-state index is 5.55. The van der Waals surface area contributed by atoms with E-state index >= 15 is 0 Å². The molecule has 3 N–H and O–H groups in total. The summed E-state index contributed by atoms with van der Waals surface area (Å²) in [7, 11) is 3.39. The standard InChI is InChI=1S/C10H15N7O/c1-17-9(13-6-15-17)3-8(16-11)7-4-10(18-2)14-5-12-7/h4-6,8,16H,3,11H2,1-2H3. The van der Waals surface area contributed by atoms with Crippen LogP contribution in [-0.2, 0) is 13.5 Å². The van der Waals surface area contributed by atoms with Crippen LogP contribution in [0.5, 0.6) is 5.88 Å². The van der Waals surface area contributed by atoms with E-state index in [4.69, 9.17) is 10.6 Å². The molecule has 1 atom stereocenters. The lowest BCUT2D eigenvalue weighted by Crippen LogP contribution is -2.31. The zero-order valence-electron chi connectivity index (χ0n) is 10.2. The second-order valence-corrected chi connectivity index (χ2v) is 3.71. The van der Waals surface area contributed by atoms with Crippen LogP contribution in [0.2, 0.25) is 0 Å². The molecule has 8 nitrogen and oxygen atoms in total. The van der Waals surface area contributed by atoms with E-state index in [0.717, 1.165) is 11.5 Å². The molecule has 0 fully saturated rings. The summed E-state index contributed by atoms with van der Waals surface area (Å²) in [6.45, 7) is 0. The summed E-state index contributed by atoms with van der Waals surface area (Å²) in [6.07, 6.45) is 3.52. The van der Waals surface area contributed by atoms with Gasteiger partial charge in [-0.3, -0.25) is 16.0 Å². The van der Waals surface area contributed by atoms with Gasteiger partial charge in [0.25, 0.3) is 0 Å². The zero-order chi connectivity index (χ0) is 13.0. The molecule has 0 saturated heterocycles. The van der Waals surface area contributed by atoms with Gasteiger partial charge >= 0.3 is 0 Å². The zero-order valence-corrected chi connectivity index (χ0v) is 10.2. The minimum atomic E-state index is -0.176. The Kier molecular flexibility index (Phi) is 3.80. The van der Waals surface area contributed by atoms with Crippen molar-refractivity contribution in [1.29, 1.82) is 0 Å². The largest absolute Gasteiger partial charge is 0.481 e. The van der Waals surface area contributed by atoms with Gasteiger partial charge in [0.05, 0.1) is 18.8 Å². The van der Waals surface area contributed by atoms with Crippen molar-refractivity contribution in [2.24, 2.45) is 12.9 Å². The molecule has 0 bridgehead atoms. The van der Waals surface area contributed by atoms with E-state index in [0.29, 0.717) is 12.3 Å². The molecule has 0 aliphatic carbocycles. The highest BCUT2D eigenvalue weighted by molar-refractivity contribution is 5.17. The maximum atomic E-state index is 5.55. The van der Waals surface area contributed by atoms with Gasteiger partial charge in [0.2, 0.25) is 5.88 Å². The Balaban J connectivity index is 2.20. The molecule has 2 heterocycles. The predicted molar refractivity (Wildman–Crippen MR) is 63.4 cm³/mol. The molecule has 0 spiro atoms. The third-order valence-corrected chi connectivity index (χ3v) is 2.62. The van der Waals surface area contributed by atoms with Gasteiger partial charge in [0.15, 0.2) is 0 Å². The predicted octanol–water partition coefficient (Wildman–Crippen LogP) is -0.639. The van der Waals surface area contributed by atoms with Crippen LogP contribution in [0.25, 0.3) is 0 Å². The van der Waals surface area contributed by atoms with Crippen LogP contribution in [0.4, 0.5) is 0 Å². The van der Waals surface area contributed by atoms with Gasteiger partial charge in [-0.05, 0) is 0 Å². The molecule has 0 saturated carbocycles. The number of hydrogen-bond donors (Lipinski definition) is 2. The topological polar surface area (TPSA) is 104 Å². The Labute approximate surface area is 104 Å². The van der Waals surface area contributed by atoms with Gasteiger partial charge in [-0.15, -0.1) is 0 Å². The maximum Gasteiger partial charge on any atom is 0.216 e. The molecule has 1 unspecified atom stereocenters. The van der Waals surface area contributed by atoms with Gasteiger partial charge < -0.3 is 4.74 Å². The number of hydrogen-bond acceptors (Lipinski definition) is 7. The van der Waals surface area contributed by atoms with Crippen molar-refractivity contribution in [2.75, 3.05) is 7.11 Å². The third kappa shape index (κ3) is 2.60. The molecule has 0 aliphatic heterocycles. The van der Waals surface area contributed by atoms with Crippen molar-refractivity contribution in [3.63, 3.8) is 0 Å². The van der Waals surface area contributed by atoms with Crippen molar-refractivity contribution in [2.45, 2.75) is 12.5 Å². The Morgan fingerprint density at radius 3 is 2.83 bits per heavy atom. The summed E-state index contributed by atoms with van der Waals surface area (Å²) >= 11 is 0. The molecule has 0 radical (unpaired) electrons. The van der Waals surface area contributed by atoms with Crippen molar-refractivity contribution in [3.8, 4) is 5.88 Å². The smallest absolute Gasteiger partial charge is 0.216 e. The Morgan fingerprint density at radius 2 is 2.22 bits per heavy atom. The molecule has 2 aromatic heterocycles. The number of hydrazine groups is 1. The Hall–Kier alpha value is -2.06. The minimum Gasteiger partial charge on any atom is -0.481 e. The van der Waals surface area contributed by atoms with Gasteiger partial charge in [0, 0.05) is 19.5 Å². The van der Waals surface area contributed by atoms with Crippen molar-refractivity contribution >= 4 is 0 Å². The monoisotopic (exact) mass is 249 g/mol. The van der Waals surface area contributed by atoms with Gasteiger partial charge in [-0.1, -0.05) is 0 Å². The lowest BCUT2D eigenvalue weighted by molar-refractivity contribution is 0.393. The van der Waals surface area contributed by atoms with E-state index in [2.05, 4.69) is 25.5 Å². The summed E-state index contributed by atoms with van der Waals surface area (Å²) in [6, 6.07) is 1.56.